The second kappa shape index (κ2) is 5.68. The fourth-order valence-electron chi connectivity index (χ4n) is 3.47. The maximum absolute atomic E-state index is 2.49. The first-order chi connectivity index (χ1) is 10.0. The van der Waals surface area contributed by atoms with Crippen molar-refractivity contribution in [3.63, 3.8) is 0 Å². The van der Waals surface area contributed by atoms with Crippen molar-refractivity contribution in [2.75, 3.05) is 11.4 Å². The van der Waals surface area contributed by atoms with Gasteiger partial charge in [-0.1, -0.05) is 62.1 Å². The van der Waals surface area contributed by atoms with Crippen LogP contribution >= 0.6 is 0 Å². The molecule has 0 radical (unpaired) electrons. The molecule has 0 aliphatic carbocycles. The summed E-state index contributed by atoms with van der Waals surface area (Å²) in [5.74, 6) is 0.743. The van der Waals surface area contributed by atoms with E-state index in [0.29, 0.717) is 0 Å². The number of nitrogens with zero attached hydrogens (tertiary/aromatic N) is 1. The minimum atomic E-state index is -1.03. The van der Waals surface area contributed by atoms with Crippen LogP contribution in [0.1, 0.15) is 17.9 Å². The van der Waals surface area contributed by atoms with Crippen molar-refractivity contribution in [1.82, 2.24) is 0 Å². The van der Waals surface area contributed by atoms with Gasteiger partial charge in [0.15, 0.2) is 0 Å². The molecule has 1 unspecified atom stereocenters. The summed E-state index contributed by atoms with van der Waals surface area (Å²) < 4.78 is 0. The normalized spacial score (nSPS) is 18.4. The van der Waals surface area contributed by atoms with Gasteiger partial charge in [-0.3, -0.25) is 0 Å². The first-order valence-corrected chi connectivity index (χ1v) is 11.7. The zero-order valence-electron chi connectivity index (χ0n) is 13.3. The molecule has 1 heterocycles. The van der Waals surface area contributed by atoms with Gasteiger partial charge in [0.1, 0.15) is 0 Å². The summed E-state index contributed by atoms with van der Waals surface area (Å²) in [6.07, 6.45) is 1.27. The van der Waals surface area contributed by atoms with Gasteiger partial charge in [0, 0.05) is 26.0 Å². The molecule has 0 saturated heterocycles. The Bertz CT molecular complexity index is 600. The SMILES string of the molecule is C[Si](C)(C)CC1CCN(c2ccccc2)c2ccccc21. The molecule has 1 atom stereocenters. The Kier molecular flexibility index (Phi) is 3.90. The maximum atomic E-state index is 2.49. The molecule has 0 bridgehead atoms. The molecule has 0 N–H and O–H groups in total. The lowest BCUT2D eigenvalue weighted by atomic mass is 9.91. The van der Waals surface area contributed by atoms with Crippen LogP contribution in [0.3, 0.4) is 0 Å². The van der Waals surface area contributed by atoms with Crippen LogP contribution in [-0.2, 0) is 0 Å². The van der Waals surface area contributed by atoms with E-state index >= 15 is 0 Å². The van der Waals surface area contributed by atoms with Gasteiger partial charge in [-0.25, -0.2) is 0 Å². The minimum absolute atomic E-state index is 0.743. The van der Waals surface area contributed by atoms with Gasteiger partial charge < -0.3 is 4.90 Å². The Hall–Kier alpha value is -1.54. The van der Waals surface area contributed by atoms with Crippen molar-refractivity contribution >= 4 is 19.4 Å². The molecular weight excluding hydrogens is 270 g/mol. The lowest BCUT2D eigenvalue weighted by molar-refractivity contribution is 0.642. The van der Waals surface area contributed by atoms with Crippen molar-refractivity contribution in [2.24, 2.45) is 0 Å². The molecule has 110 valence electrons. The molecule has 2 heteroatoms. The van der Waals surface area contributed by atoms with Crippen LogP contribution in [0.2, 0.25) is 25.7 Å². The van der Waals surface area contributed by atoms with Crippen molar-refractivity contribution in [2.45, 2.75) is 38.0 Å². The van der Waals surface area contributed by atoms with E-state index in [0.717, 1.165) is 12.5 Å². The highest BCUT2D eigenvalue weighted by molar-refractivity contribution is 6.76. The second-order valence-electron chi connectivity index (χ2n) is 7.30. The van der Waals surface area contributed by atoms with Gasteiger partial charge in [0.05, 0.1) is 0 Å². The zero-order valence-corrected chi connectivity index (χ0v) is 14.3. The van der Waals surface area contributed by atoms with E-state index in [2.05, 4.69) is 79.1 Å². The summed E-state index contributed by atoms with van der Waals surface area (Å²) in [7, 11) is -1.03. The van der Waals surface area contributed by atoms with Gasteiger partial charge in [-0.15, -0.1) is 0 Å². The molecule has 2 aromatic carbocycles. The molecule has 0 saturated carbocycles. The Morgan fingerprint density at radius 1 is 0.952 bits per heavy atom. The number of hydrogen-bond donors (Lipinski definition) is 0. The lowest BCUT2D eigenvalue weighted by Gasteiger charge is -2.37. The number of hydrogen-bond acceptors (Lipinski definition) is 1. The molecule has 1 aliphatic rings. The molecule has 0 spiro atoms. The van der Waals surface area contributed by atoms with Crippen LogP contribution in [-0.4, -0.2) is 14.6 Å². The van der Waals surface area contributed by atoms with Crippen molar-refractivity contribution in [3.8, 4) is 0 Å². The van der Waals surface area contributed by atoms with Gasteiger partial charge in [-0.05, 0) is 36.1 Å². The highest BCUT2D eigenvalue weighted by atomic mass is 28.3. The van der Waals surface area contributed by atoms with Crippen LogP contribution < -0.4 is 4.90 Å². The predicted octanol–water partition coefficient (Wildman–Crippen LogP) is 5.65. The molecule has 1 nitrogen and oxygen atoms in total. The highest BCUT2D eigenvalue weighted by Crippen LogP contribution is 2.42. The zero-order chi connectivity index (χ0) is 14.9. The Labute approximate surface area is 129 Å². The lowest BCUT2D eigenvalue weighted by Crippen LogP contribution is -2.31. The summed E-state index contributed by atoms with van der Waals surface area (Å²) >= 11 is 0. The Morgan fingerprint density at radius 3 is 2.33 bits per heavy atom. The smallest absolute Gasteiger partial charge is 0.0448 e. The van der Waals surface area contributed by atoms with Crippen LogP contribution in [0.5, 0.6) is 0 Å². The van der Waals surface area contributed by atoms with E-state index < -0.39 is 8.07 Å². The molecule has 3 rings (SSSR count). The van der Waals surface area contributed by atoms with Crippen LogP contribution in [0.4, 0.5) is 11.4 Å². The van der Waals surface area contributed by atoms with Gasteiger partial charge in [-0.2, -0.15) is 0 Å². The molecule has 21 heavy (non-hydrogen) atoms. The Morgan fingerprint density at radius 2 is 1.62 bits per heavy atom. The fourth-order valence-corrected chi connectivity index (χ4v) is 5.37. The van der Waals surface area contributed by atoms with Gasteiger partial charge in [0.2, 0.25) is 0 Å². The number of anilines is 2. The third kappa shape index (κ3) is 3.21. The number of benzene rings is 2. The first kappa shape index (κ1) is 14.4. The summed E-state index contributed by atoms with van der Waals surface area (Å²) in [6, 6.07) is 21.2. The number of para-hydroxylation sites is 2. The minimum Gasteiger partial charge on any atom is -0.341 e. The van der Waals surface area contributed by atoms with Crippen molar-refractivity contribution in [1.29, 1.82) is 0 Å². The summed E-state index contributed by atoms with van der Waals surface area (Å²) in [5, 5.41) is 0. The van der Waals surface area contributed by atoms with E-state index in [1.54, 1.807) is 5.56 Å². The fraction of sp³-hybridized carbons (Fsp3) is 0.368. The molecule has 0 amide bonds. The monoisotopic (exact) mass is 295 g/mol. The van der Waals surface area contributed by atoms with E-state index in [4.69, 9.17) is 0 Å². The Balaban J connectivity index is 1.96. The number of rotatable bonds is 3. The summed E-state index contributed by atoms with van der Waals surface area (Å²) in [4.78, 5) is 2.48. The van der Waals surface area contributed by atoms with Crippen LogP contribution in [0, 0.1) is 0 Å². The van der Waals surface area contributed by atoms with Crippen LogP contribution in [0.25, 0.3) is 0 Å². The maximum Gasteiger partial charge on any atom is 0.0448 e. The standard InChI is InChI=1S/C19H25NSi/c1-21(2,3)15-16-13-14-20(17-9-5-4-6-10-17)19-12-8-7-11-18(16)19/h4-12,16H,13-15H2,1-3H3. The quantitative estimate of drug-likeness (QED) is 0.661. The largest absolute Gasteiger partial charge is 0.341 e. The average molecular weight is 296 g/mol. The van der Waals surface area contributed by atoms with Gasteiger partial charge in [0.25, 0.3) is 0 Å². The molecule has 0 aromatic heterocycles. The van der Waals surface area contributed by atoms with E-state index in [-0.39, 0.29) is 0 Å². The predicted molar refractivity (Wildman–Crippen MR) is 95.4 cm³/mol. The number of fused-ring (bicyclic) bond motifs is 1. The third-order valence-electron chi connectivity index (χ3n) is 4.30. The topological polar surface area (TPSA) is 3.24 Å². The second-order valence-corrected chi connectivity index (χ2v) is 12.8. The van der Waals surface area contributed by atoms with Crippen molar-refractivity contribution < 1.29 is 0 Å². The average Bonchev–Trinajstić information content (AvgIpc) is 2.47. The van der Waals surface area contributed by atoms with E-state index in [9.17, 15) is 0 Å². The van der Waals surface area contributed by atoms with E-state index in [1.807, 2.05) is 0 Å². The molecular formula is C19H25NSi. The summed E-state index contributed by atoms with van der Waals surface area (Å²) in [6.45, 7) is 8.59. The van der Waals surface area contributed by atoms with Crippen LogP contribution in [0.15, 0.2) is 54.6 Å². The van der Waals surface area contributed by atoms with Gasteiger partial charge >= 0.3 is 0 Å². The summed E-state index contributed by atoms with van der Waals surface area (Å²) in [5.41, 5.74) is 4.28. The molecule has 0 fully saturated rings. The first-order valence-electron chi connectivity index (χ1n) is 7.96. The molecule has 1 aliphatic heterocycles. The molecule has 2 aromatic rings. The third-order valence-corrected chi connectivity index (χ3v) is 6.01. The highest BCUT2D eigenvalue weighted by Gasteiger charge is 2.29. The van der Waals surface area contributed by atoms with E-state index in [1.165, 1.54) is 23.8 Å². The van der Waals surface area contributed by atoms with Crippen molar-refractivity contribution in [3.05, 3.63) is 60.2 Å².